The summed E-state index contributed by atoms with van der Waals surface area (Å²) in [5.74, 6) is 0. The molecule has 0 radical (unpaired) electrons. The largest absolute Gasteiger partial charge is 0.366 e. The minimum atomic E-state index is -0.470. The highest BCUT2D eigenvalue weighted by molar-refractivity contribution is 6.30. The van der Waals surface area contributed by atoms with Gasteiger partial charge in [0.2, 0.25) is 0 Å². The van der Waals surface area contributed by atoms with Crippen LogP contribution in [0.1, 0.15) is 25.0 Å². The van der Waals surface area contributed by atoms with Crippen LogP contribution in [-0.4, -0.2) is 11.6 Å². The van der Waals surface area contributed by atoms with E-state index in [1.54, 1.807) is 12.4 Å². The standard InChI is InChI=1S/C15H16ClNO/c1-3-18-15(2,13-8-10-17-11-9-13)12-4-6-14(16)7-5-12/h4-11H,3H2,1-2H3/t15-/m1/s1. The summed E-state index contributed by atoms with van der Waals surface area (Å²) in [4.78, 5) is 4.05. The van der Waals surface area contributed by atoms with Crippen molar-refractivity contribution in [3.05, 3.63) is 64.9 Å². The summed E-state index contributed by atoms with van der Waals surface area (Å²) in [7, 11) is 0. The van der Waals surface area contributed by atoms with Gasteiger partial charge in [-0.05, 0) is 49.2 Å². The third kappa shape index (κ3) is 2.55. The van der Waals surface area contributed by atoms with Crippen molar-refractivity contribution in [2.75, 3.05) is 6.61 Å². The number of benzene rings is 1. The first kappa shape index (κ1) is 13.1. The SMILES string of the molecule is CCO[C@@](C)(c1ccncc1)c1ccc(Cl)cc1. The third-order valence-corrected chi connectivity index (χ3v) is 3.31. The summed E-state index contributed by atoms with van der Waals surface area (Å²) in [5.41, 5.74) is 1.70. The van der Waals surface area contributed by atoms with Crippen LogP contribution in [0.5, 0.6) is 0 Å². The van der Waals surface area contributed by atoms with Gasteiger partial charge in [0.1, 0.15) is 5.60 Å². The number of rotatable bonds is 4. The molecule has 0 aliphatic heterocycles. The van der Waals surface area contributed by atoms with Gasteiger partial charge < -0.3 is 4.74 Å². The molecule has 0 bridgehead atoms. The van der Waals surface area contributed by atoms with Gasteiger partial charge in [0.05, 0.1) is 0 Å². The quantitative estimate of drug-likeness (QED) is 0.829. The van der Waals surface area contributed by atoms with Crippen molar-refractivity contribution >= 4 is 11.6 Å². The van der Waals surface area contributed by atoms with Crippen LogP contribution in [-0.2, 0) is 10.3 Å². The van der Waals surface area contributed by atoms with E-state index in [-0.39, 0.29) is 0 Å². The van der Waals surface area contributed by atoms with E-state index in [0.29, 0.717) is 6.61 Å². The highest BCUT2D eigenvalue weighted by Crippen LogP contribution is 2.33. The molecule has 18 heavy (non-hydrogen) atoms. The van der Waals surface area contributed by atoms with Crippen LogP contribution in [0.4, 0.5) is 0 Å². The molecule has 94 valence electrons. The fourth-order valence-corrected chi connectivity index (χ4v) is 2.19. The van der Waals surface area contributed by atoms with Gasteiger partial charge in [-0.25, -0.2) is 0 Å². The lowest BCUT2D eigenvalue weighted by Crippen LogP contribution is -2.27. The zero-order valence-electron chi connectivity index (χ0n) is 10.6. The van der Waals surface area contributed by atoms with Crippen LogP contribution in [0.15, 0.2) is 48.8 Å². The van der Waals surface area contributed by atoms with Gasteiger partial charge in [-0.2, -0.15) is 0 Å². The van der Waals surface area contributed by atoms with Crippen LogP contribution in [0.25, 0.3) is 0 Å². The molecule has 1 aromatic carbocycles. The Kier molecular flexibility index (Phi) is 4.00. The molecule has 0 aliphatic carbocycles. The molecular formula is C15H16ClNO. The molecular weight excluding hydrogens is 246 g/mol. The molecule has 3 heteroatoms. The Morgan fingerprint density at radius 1 is 1.06 bits per heavy atom. The molecule has 0 fully saturated rings. The highest BCUT2D eigenvalue weighted by atomic mass is 35.5. The molecule has 0 N–H and O–H groups in total. The summed E-state index contributed by atoms with van der Waals surface area (Å²) in [6, 6.07) is 11.7. The summed E-state index contributed by atoms with van der Waals surface area (Å²) in [6.07, 6.45) is 3.56. The fourth-order valence-electron chi connectivity index (χ4n) is 2.06. The molecule has 0 amide bonds. The molecule has 0 unspecified atom stereocenters. The Hall–Kier alpha value is -1.38. The van der Waals surface area contributed by atoms with E-state index in [1.807, 2.05) is 43.3 Å². The molecule has 1 aromatic heterocycles. The number of nitrogens with zero attached hydrogens (tertiary/aromatic N) is 1. The minimum Gasteiger partial charge on any atom is -0.366 e. The molecule has 0 saturated carbocycles. The van der Waals surface area contributed by atoms with E-state index in [9.17, 15) is 0 Å². The normalized spacial score (nSPS) is 14.2. The lowest BCUT2D eigenvalue weighted by Gasteiger charge is -2.30. The zero-order valence-corrected chi connectivity index (χ0v) is 11.3. The molecule has 2 rings (SSSR count). The van der Waals surface area contributed by atoms with E-state index < -0.39 is 5.60 Å². The van der Waals surface area contributed by atoms with Crippen molar-refractivity contribution in [3.8, 4) is 0 Å². The molecule has 0 spiro atoms. The predicted molar refractivity (Wildman–Crippen MR) is 73.8 cm³/mol. The molecule has 1 atom stereocenters. The summed E-state index contributed by atoms with van der Waals surface area (Å²) in [5, 5.41) is 0.729. The number of ether oxygens (including phenoxy) is 1. The van der Waals surface area contributed by atoms with Crippen molar-refractivity contribution in [1.29, 1.82) is 0 Å². The Morgan fingerprint density at radius 3 is 2.17 bits per heavy atom. The van der Waals surface area contributed by atoms with Crippen molar-refractivity contribution in [1.82, 2.24) is 4.98 Å². The molecule has 1 heterocycles. The molecule has 0 saturated heterocycles. The van der Waals surface area contributed by atoms with E-state index in [4.69, 9.17) is 16.3 Å². The van der Waals surface area contributed by atoms with Gasteiger partial charge in [0.25, 0.3) is 0 Å². The van der Waals surface area contributed by atoms with Crippen LogP contribution in [0, 0.1) is 0 Å². The van der Waals surface area contributed by atoms with Gasteiger partial charge in [0.15, 0.2) is 0 Å². The van der Waals surface area contributed by atoms with Crippen molar-refractivity contribution < 1.29 is 4.74 Å². The number of pyridine rings is 1. The Bertz CT molecular complexity index is 498. The van der Waals surface area contributed by atoms with Crippen molar-refractivity contribution in [2.45, 2.75) is 19.4 Å². The van der Waals surface area contributed by atoms with Gasteiger partial charge in [-0.15, -0.1) is 0 Å². The second-order valence-electron chi connectivity index (χ2n) is 4.21. The summed E-state index contributed by atoms with van der Waals surface area (Å²) in [6.45, 7) is 4.70. The maximum absolute atomic E-state index is 5.97. The van der Waals surface area contributed by atoms with E-state index in [1.165, 1.54) is 0 Å². The average Bonchev–Trinajstić information content (AvgIpc) is 2.40. The Balaban J connectivity index is 2.47. The predicted octanol–water partition coefficient (Wildman–Crippen LogP) is 4.04. The summed E-state index contributed by atoms with van der Waals surface area (Å²) < 4.78 is 5.97. The number of halogens is 1. The fraction of sp³-hybridized carbons (Fsp3) is 0.267. The van der Waals surface area contributed by atoms with Gasteiger partial charge in [-0.3, -0.25) is 4.98 Å². The van der Waals surface area contributed by atoms with E-state index in [0.717, 1.165) is 16.1 Å². The van der Waals surface area contributed by atoms with Gasteiger partial charge in [0, 0.05) is 24.0 Å². The topological polar surface area (TPSA) is 22.1 Å². The summed E-state index contributed by atoms with van der Waals surface area (Å²) >= 11 is 5.93. The van der Waals surface area contributed by atoms with Crippen molar-refractivity contribution in [3.63, 3.8) is 0 Å². The Labute approximate surface area is 113 Å². The first-order valence-electron chi connectivity index (χ1n) is 5.97. The second kappa shape index (κ2) is 5.51. The molecule has 2 aromatic rings. The van der Waals surface area contributed by atoms with Gasteiger partial charge >= 0.3 is 0 Å². The monoisotopic (exact) mass is 261 g/mol. The lowest BCUT2D eigenvalue weighted by molar-refractivity contribution is 0.00399. The number of hydrogen-bond donors (Lipinski definition) is 0. The average molecular weight is 262 g/mol. The zero-order chi connectivity index (χ0) is 13.0. The maximum Gasteiger partial charge on any atom is 0.115 e. The van der Waals surface area contributed by atoms with Crippen LogP contribution in [0.2, 0.25) is 5.02 Å². The number of hydrogen-bond acceptors (Lipinski definition) is 2. The van der Waals surface area contributed by atoms with Crippen molar-refractivity contribution in [2.24, 2.45) is 0 Å². The van der Waals surface area contributed by atoms with E-state index in [2.05, 4.69) is 11.9 Å². The van der Waals surface area contributed by atoms with Crippen LogP contribution < -0.4 is 0 Å². The first-order chi connectivity index (χ1) is 8.66. The van der Waals surface area contributed by atoms with Gasteiger partial charge in [-0.1, -0.05) is 23.7 Å². The Morgan fingerprint density at radius 2 is 1.61 bits per heavy atom. The van der Waals surface area contributed by atoms with Crippen LogP contribution >= 0.6 is 11.6 Å². The smallest absolute Gasteiger partial charge is 0.115 e. The highest BCUT2D eigenvalue weighted by Gasteiger charge is 2.29. The first-order valence-corrected chi connectivity index (χ1v) is 6.35. The molecule has 0 aliphatic rings. The molecule has 2 nitrogen and oxygen atoms in total. The third-order valence-electron chi connectivity index (χ3n) is 3.06. The minimum absolute atomic E-state index is 0.470. The second-order valence-corrected chi connectivity index (χ2v) is 4.65. The van der Waals surface area contributed by atoms with E-state index >= 15 is 0 Å². The lowest BCUT2D eigenvalue weighted by atomic mass is 9.88. The maximum atomic E-state index is 5.97. The number of aromatic nitrogens is 1. The van der Waals surface area contributed by atoms with Crippen LogP contribution in [0.3, 0.4) is 0 Å².